The van der Waals surface area contributed by atoms with Crippen LogP contribution in [0.15, 0.2) is 67.1 Å². The molecule has 174 valence electrons. The van der Waals surface area contributed by atoms with Crippen molar-refractivity contribution < 1.29 is 9.53 Å². The highest BCUT2D eigenvalue weighted by molar-refractivity contribution is 6.27. The lowest BCUT2D eigenvalue weighted by atomic mass is 9.80. The number of benzene rings is 2. The van der Waals surface area contributed by atoms with Gasteiger partial charge in [0.1, 0.15) is 36.0 Å². The van der Waals surface area contributed by atoms with Crippen molar-refractivity contribution in [1.82, 2.24) is 19.9 Å². The third-order valence-electron chi connectivity index (χ3n) is 6.35. The average molecular weight is 476 g/mol. The van der Waals surface area contributed by atoms with Crippen molar-refractivity contribution in [3.8, 4) is 16.9 Å². The second-order valence-corrected chi connectivity index (χ2v) is 8.91. The largest absolute Gasteiger partial charge is 0.489 e. The van der Waals surface area contributed by atoms with Gasteiger partial charge in [0.15, 0.2) is 0 Å². The summed E-state index contributed by atoms with van der Waals surface area (Å²) in [5, 5.41) is 3.72. The van der Waals surface area contributed by atoms with Crippen LogP contribution in [0.4, 0.5) is 5.82 Å². The number of nitrogen functional groups attached to an aromatic ring is 1. The van der Waals surface area contributed by atoms with Gasteiger partial charge in [-0.3, -0.25) is 4.79 Å². The molecule has 1 fully saturated rings. The SMILES string of the molecule is Nc1ncnc2c1c(-c1cccc(OCc3ccccc3)c1)cn2C1CC(CNC(=O)CCl)C1. The molecule has 4 aromatic rings. The quantitative estimate of drug-likeness (QED) is 0.364. The molecule has 0 radical (unpaired) electrons. The van der Waals surface area contributed by atoms with E-state index in [0.29, 0.717) is 30.9 Å². The number of hydrogen-bond acceptors (Lipinski definition) is 5. The molecule has 1 aliphatic carbocycles. The summed E-state index contributed by atoms with van der Waals surface area (Å²) in [5.41, 5.74) is 10.2. The van der Waals surface area contributed by atoms with E-state index in [4.69, 9.17) is 22.1 Å². The number of rotatable bonds is 8. The lowest BCUT2D eigenvalue weighted by molar-refractivity contribution is -0.119. The molecule has 2 heterocycles. The standard InChI is InChI=1S/C26H26ClN5O2/c27-12-23(33)29-13-18-9-20(10-18)32-14-22(24-25(28)30-16-31-26(24)32)19-7-4-8-21(11-19)34-15-17-5-2-1-3-6-17/h1-8,11,14,16,18,20H,9-10,12-13,15H2,(H,29,33)(H2,28,30,31). The number of fused-ring (bicyclic) bond motifs is 1. The number of hydrogen-bond donors (Lipinski definition) is 2. The lowest BCUT2D eigenvalue weighted by Gasteiger charge is -2.36. The van der Waals surface area contributed by atoms with Crippen LogP contribution < -0.4 is 15.8 Å². The highest BCUT2D eigenvalue weighted by Gasteiger charge is 2.32. The van der Waals surface area contributed by atoms with Gasteiger partial charge in [-0.05, 0) is 42.0 Å². The summed E-state index contributed by atoms with van der Waals surface area (Å²) in [6, 6.07) is 18.4. The number of carbonyl (C=O) groups excluding carboxylic acids is 1. The molecule has 34 heavy (non-hydrogen) atoms. The number of nitrogens with one attached hydrogen (secondary N) is 1. The second kappa shape index (κ2) is 9.73. The minimum Gasteiger partial charge on any atom is -0.489 e. The van der Waals surface area contributed by atoms with Gasteiger partial charge in [-0.15, -0.1) is 11.6 Å². The van der Waals surface area contributed by atoms with E-state index >= 15 is 0 Å². The second-order valence-electron chi connectivity index (χ2n) is 8.64. The van der Waals surface area contributed by atoms with Crippen LogP contribution in [-0.4, -0.2) is 32.9 Å². The maximum absolute atomic E-state index is 11.4. The van der Waals surface area contributed by atoms with Crippen LogP contribution in [0.2, 0.25) is 0 Å². The normalized spacial score (nSPS) is 17.3. The summed E-state index contributed by atoms with van der Waals surface area (Å²) in [4.78, 5) is 20.2. The third kappa shape index (κ3) is 4.56. The number of anilines is 1. The highest BCUT2D eigenvalue weighted by atomic mass is 35.5. The summed E-state index contributed by atoms with van der Waals surface area (Å²) >= 11 is 5.57. The molecular weight excluding hydrogens is 450 g/mol. The summed E-state index contributed by atoms with van der Waals surface area (Å²) in [6.07, 6.45) is 5.53. The van der Waals surface area contributed by atoms with Gasteiger partial charge in [0.05, 0.1) is 5.39 Å². The molecule has 2 aromatic carbocycles. The molecule has 5 rings (SSSR count). The van der Waals surface area contributed by atoms with Crippen molar-refractivity contribution in [3.63, 3.8) is 0 Å². The Morgan fingerprint density at radius 2 is 1.97 bits per heavy atom. The fraction of sp³-hybridized carbons (Fsp3) is 0.269. The molecule has 1 amide bonds. The number of nitrogens with zero attached hydrogens (tertiary/aromatic N) is 3. The molecule has 7 nitrogen and oxygen atoms in total. The van der Waals surface area contributed by atoms with E-state index in [9.17, 15) is 4.79 Å². The number of nitrogens with two attached hydrogens (primary N) is 1. The Bertz CT molecular complexity index is 1300. The minimum absolute atomic E-state index is 0.00787. The zero-order valence-corrected chi connectivity index (χ0v) is 19.4. The Balaban J connectivity index is 1.39. The lowest BCUT2D eigenvalue weighted by Crippen LogP contribution is -2.37. The molecule has 0 spiro atoms. The fourth-order valence-corrected chi connectivity index (χ4v) is 4.59. The maximum Gasteiger partial charge on any atom is 0.234 e. The fourth-order valence-electron chi connectivity index (χ4n) is 4.50. The van der Waals surface area contributed by atoms with Crippen LogP contribution in [-0.2, 0) is 11.4 Å². The molecule has 1 aliphatic rings. The van der Waals surface area contributed by atoms with Crippen molar-refractivity contribution in [2.75, 3.05) is 18.2 Å². The van der Waals surface area contributed by atoms with Crippen molar-refractivity contribution >= 4 is 34.4 Å². The average Bonchev–Trinajstić information content (AvgIpc) is 3.23. The summed E-state index contributed by atoms with van der Waals surface area (Å²) < 4.78 is 8.23. The first-order chi connectivity index (χ1) is 16.6. The van der Waals surface area contributed by atoms with Gasteiger partial charge in [0.2, 0.25) is 5.91 Å². The van der Waals surface area contributed by atoms with Gasteiger partial charge in [-0.2, -0.15) is 0 Å². The Morgan fingerprint density at radius 3 is 2.76 bits per heavy atom. The van der Waals surface area contributed by atoms with Crippen LogP contribution in [0.3, 0.4) is 0 Å². The first-order valence-electron chi connectivity index (χ1n) is 11.3. The van der Waals surface area contributed by atoms with Crippen LogP contribution in [0.5, 0.6) is 5.75 Å². The van der Waals surface area contributed by atoms with Crippen LogP contribution in [0, 0.1) is 5.92 Å². The van der Waals surface area contributed by atoms with Gasteiger partial charge in [0.25, 0.3) is 0 Å². The highest BCUT2D eigenvalue weighted by Crippen LogP contribution is 2.42. The molecule has 0 unspecified atom stereocenters. The molecule has 0 aliphatic heterocycles. The van der Waals surface area contributed by atoms with Crippen LogP contribution in [0.25, 0.3) is 22.2 Å². The van der Waals surface area contributed by atoms with E-state index in [1.165, 1.54) is 6.33 Å². The smallest absolute Gasteiger partial charge is 0.234 e. The number of alkyl halides is 1. The Hall–Kier alpha value is -3.58. The van der Waals surface area contributed by atoms with Crippen molar-refractivity contribution in [1.29, 1.82) is 0 Å². The molecule has 2 aromatic heterocycles. The van der Waals surface area contributed by atoms with Gasteiger partial charge in [-0.25, -0.2) is 9.97 Å². The zero-order chi connectivity index (χ0) is 23.5. The molecule has 0 atom stereocenters. The Kier molecular flexibility index (Phi) is 6.36. The zero-order valence-electron chi connectivity index (χ0n) is 18.7. The third-order valence-corrected chi connectivity index (χ3v) is 6.59. The summed E-state index contributed by atoms with van der Waals surface area (Å²) in [5.74, 6) is 1.53. The van der Waals surface area contributed by atoms with Crippen LogP contribution >= 0.6 is 11.6 Å². The van der Waals surface area contributed by atoms with E-state index in [1.54, 1.807) is 0 Å². The minimum atomic E-state index is -0.131. The first-order valence-corrected chi connectivity index (χ1v) is 11.9. The summed E-state index contributed by atoms with van der Waals surface area (Å²) in [6.45, 7) is 1.15. The molecule has 1 saturated carbocycles. The molecule has 3 N–H and O–H groups in total. The number of carbonyl (C=O) groups is 1. The Morgan fingerprint density at radius 1 is 1.15 bits per heavy atom. The monoisotopic (exact) mass is 475 g/mol. The van der Waals surface area contributed by atoms with E-state index in [-0.39, 0.29) is 11.8 Å². The first kappa shape index (κ1) is 22.2. The molecular formula is C26H26ClN5O2. The molecule has 0 saturated heterocycles. The predicted octanol–water partition coefficient (Wildman–Crippen LogP) is 4.57. The van der Waals surface area contributed by atoms with E-state index < -0.39 is 0 Å². The van der Waals surface area contributed by atoms with E-state index in [2.05, 4.69) is 26.0 Å². The number of amides is 1. The van der Waals surface area contributed by atoms with Crippen molar-refractivity contribution in [2.24, 2.45) is 5.92 Å². The van der Waals surface area contributed by atoms with E-state index in [0.717, 1.165) is 46.3 Å². The number of ether oxygens (including phenoxy) is 1. The maximum atomic E-state index is 11.4. The predicted molar refractivity (Wildman–Crippen MR) is 134 cm³/mol. The van der Waals surface area contributed by atoms with Gasteiger partial charge >= 0.3 is 0 Å². The number of aromatic nitrogens is 3. The molecule has 8 heteroatoms. The van der Waals surface area contributed by atoms with Gasteiger partial charge < -0.3 is 20.4 Å². The summed E-state index contributed by atoms with van der Waals surface area (Å²) in [7, 11) is 0. The van der Waals surface area contributed by atoms with Gasteiger partial charge in [0, 0.05) is 24.3 Å². The van der Waals surface area contributed by atoms with Crippen molar-refractivity contribution in [3.05, 3.63) is 72.7 Å². The van der Waals surface area contributed by atoms with Crippen LogP contribution in [0.1, 0.15) is 24.4 Å². The van der Waals surface area contributed by atoms with Crippen molar-refractivity contribution in [2.45, 2.75) is 25.5 Å². The Labute approximate surface area is 202 Å². The number of halogens is 1. The topological polar surface area (TPSA) is 95.1 Å². The van der Waals surface area contributed by atoms with E-state index in [1.807, 2.05) is 54.6 Å². The molecule has 0 bridgehead atoms. The van der Waals surface area contributed by atoms with Gasteiger partial charge in [-0.1, -0.05) is 42.5 Å².